The van der Waals surface area contributed by atoms with E-state index in [0.717, 1.165) is 34.0 Å². The largest absolute Gasteiger partial charge is 0.495 e. The van der Waals surface area contributed by atoms with Crippen LogP contribution in [0.25, 0.3) is 5.69 Å². The van der Waals surface area contributed by atoms with Crippen molar-refractivity contribution in [3.8, 4) is 17.2 Å². The number of aliphatic imine (C=N–C) groups is 2. The molecular weight excluding hydrogens is 376 g/mol. The average molecular weight is 395 g/mol. The van der Waals surface area contributed by atoms with Crippen molar-refractivity contribution in [1.82, 2.24) is 9.55 Å². The molecule has 2 aromatic carbocycles. The highest BCUT2D eigenvalue weighted by molar-refractivity contribution is 6.32. The highest BCUT2D eigenvalue weighted by Gasteiger charge is 2.17. The summed E-state index contributed by atoms with van der Waals surface area (Å²) >= 11 is 6.11. The van der Waals surface area contributed by atoms with Gasteiger partial charge in [0.2, 0.25) is 0 Å². The van der Waals surface area contributed by atoms with Crippen LogP contribution in [0.3, 0.4) is 0 Å². The summed E-state index contributed by atoms with van der Waals surface area (Å²) in [5, 5.41) is 0.570. The van der Waals surface area contributed by atoms with Gasteiger partial charge < -0.3 is 14.0 Å². The van der Waals surface area contributed by atoms with Crippen molar-refractivity contribution in [3.63, 3.8) is 0 Å². The van der Waals surface area contributed by atoms with Gasteiger partial charge in [-0.15, -0.1) is 0 Å². The summed E-state index contributed by atoms with van der Waals surface area (Å²) in [6.45, 7) is 2.46. The molecule has 28 heavy (non-hydrogen) atoms. The van der Waals surface area contributed by atoms with Crippen LogP contribution in [0, 0.1) is 6.92 Å². The van der Waals surface area contributed by atoms with Crippen LogP contribution in [0.15, 0.2) is 58.9 Å². The van der Waals surface area contributed by atoms with Crippen molar-refractivity contribution in [1.29, 1.82) is 0 Å². The maximum atomic E-state index is 6.11. The summed E-state index contributed by atoms with van der Waals surface area (Å²) in [7, 11) is 3.25. The molecule has 1 aliphatic rings. The van der Waals surface area contributed by atoms with Crippen LogP contribution in [-0.2, 0) is 0 Å². The number of hydrogen-bond acceptors (Lipinski definition) is 5. The molecule has 0 N–H and O–H groups in total. The number of methoxy groups -OCH3 is 2. The number of hydrogen-bond donors (Lipinski definition) is 0. The fourth-order valence-corrected chi connectivity index (χ4v) is 3.28. The Morgan fingerprint density at radius 2 is 1.75 bits per heavy atom. The lowest BCUT2D eigenvalue weighted by molar-refractivity contribution is 0.413. The van der Waals surface area contributed by atoms with Gasteiger partial charge in [-0.25, -0.2) is 9.98 Å². The molecule has 142 valence electrons. The van der Waals surface area contributed by atoms with E-state index in [1.807, 2.05) is 48.0 Å². The summed E-state index contributed by atoms with van der Waals surface area (Å²) in [6.07, 6.45) is 3.72. The van der Waals surface area contributed by atoms with Gasteiger partial charge in [-0.05, 0) is 37.3 Å². The topological polar surface area (TPSA) is 61.0 Å². The van der Waals surface area contributed by atoms with E-state index in [2.05, 4.69) is 9.98 Å². The van der Waals surface area contributed by atoms with Gasteiger partial charge in [0, 0.05) is 17.3 Å². The van der Waals surface area contributed by atoms with Crippen molar-refractivity contribution in [2.75, 3.05) is 20.8 Å². The smallest absolute Gasteiger partial charge is 0.155 e. The molecule has 2 heterocycles. The van der Waals surface area contributed by atoms with Crippen LogP contribution in [-0.4, -0.2) is 41.9 Å². The predicted octanol–water partition coefficient (Wildman–Crippen LogP) is 4.10. The Labute approximate surface area is 168 Å². The molecule has 0 saturated carbocycles. The summed E-state index contributed by atoms with van der Waals surface area (Å²) in [5.74, 6) is 2.03. The van der Waals surface area contributed by atoms with E-state index in [0.29, 0.717) is 23.2 Å². The number of imidazole rings is 1. The lowest BCUT2D eigenvalue weighted by Crippen LogP contribution is -2.03. The van der Waals surface area contributed by atoms with Gasteiger partial charge >= 0.3 is 0 Å². The van der Waals surface area contributed by atoms with Gasteiger partial charge in [-0.1, -0.05) is 17.7 Å². The van der Waals surface area contributed by atoms with Crippen molar-refractivity contribution in [2.24, 2.45) is 9.98 Å². The van der Waals surface area contributed by atoms with Crippen molar-refractivity contribution in [2.45, 2.75) is 6.92 Å². The van der Waals surface area contributed by atoms with Crippen LogP contribution in [0.5, 0.6) is 11.5 Å². The third-order valence-electron chi connectivity index (χ3n) is 4.53. The van der Waals surface area contributed by atoms with E-state index >= 15 is 0 Å². The standard InChI is InChI=1S/C21H19ClN4O2/c1-13-11-26(12-24-13)18-7-5-15(9-20(18)28-3)21-23-10-17(25-21)14-4-6-16(22)19(8-14)27-2/h4-9,11-12H,10H2,1-3H3. The zero-order valence-corrected chi connectivity index (χ0v) is 16.6. The zero-order valence-electron chi connectivity index (χ0n) is 15.8. The van der Waals surface area contributed by atoms with E-state index in [9.17, 15) is 0 Å². The van der Waals surface area contributed by atoms with E-state index in [1.165, 1.54) is 0 Å². The minimum atomic E-state index is 0.505. The molecule has 0 fully saturated rings. The molecule has 0 amide bonds. The molecule has 3 aromatic rings. The molecule has 0 radical (unpaired) electrons. The van der Waals surface area contributed by atoms with E-state index in [4.69, 9.17) is 26.1 Å². The monoisotopic (exact) mass is 394 g/mol. The molecule has 0 atom stereocenters. The third-order valence-corrected chi connectivity index (χ3v) is 4.84. The first-order valence-corrected chi connectivity index (χ1v) is 9.12. The number of aromatic nitrogens is 2. The lowest BCUT2D eigenvalue weighted by Gasteiger charge is -2.10. The van der Waals surface area contributed by atoms with Crippen LogP contribution >= 0.6 is 11.6 Å². The highest BCUT2D eigenvalue weighted by Crippen LogP contribution is 2.28. The van der Waals surface area contributed by atoms with E-state index < -0.39 is 0 Å². The number of benzene rings is 2. The first kappa shape index (κ1) is 18.3. The summed E-state index contributed by atoms with van der Waals surface area (Å²) in [6, 6.07) is 11.5. The number of halogens is 1. The Morgan fingerprint density at radius 3 is 2.46 bits per heavy atom. The Bertz CT molecular complexity index is 1100. The van der Waals surface area contributed by atoms with Gasteiger partial charge in [0.25, 0.3) is 0 Å². The molecule has 0 aliphatic carbocycles. The SMILES string of the molecule is COc1cc(C2=NC(c3ccc(-n4cnc(C)c4)c(OC)c3)=NC2)ccc1Cl. The van der Waals surface area contributed by atoms with Crippen molar-refractivity contribution < 1.29 is 9.47 Å². The second-order valence-corrected chi connectivity index (χ2v) is 6.76. The van der Waals surface area contributed by atoms with Gasteiger partial charge in [0.15, 0.2) is 5.84 Å². The molecule has 1 aliphatic heterocycles. The molecular formula is C21H19ClN4O2. The highest BCUT2D eigenvalue weighted by atomic mass is 35.5. The molecule has 7 heteroatoms. The van der Waals surface area contributed by atoms with E-state index in [-0.39, 0.29) is 0 Å². The minimum absolute atomic E-state index is 0.505. The van der Waals surface area contributed by atoms with Crippen LogP contribution in [0.1, 0.15) is 16.8 Å². The molecule has 4 rings (SSSR count). The van der Waals surface area contributed by atoms with Gasteiger partial charge in [0.1, 0.15) is 11.5 Å². The molecule has 6 nitrogen and oxygen atoms in total. The Hall–Kier alpha value is -3.12. The second kappa shape index (κ2) is 7.48. The summed E-state index contributed by atoms with van der Waals surface area (Å²) in [4.78, 5) is 13.6. The predicted molar refractivity (Wildman–Crippen MR) is 111 cm³/mol. The number of nitrogens with zero attached hydrogens (tertiary/aromatic N) is 4. The second-order valence-electron chi connectivity index (χ2n) is 6.36. The molecule has 1 aromatic heterocycles. The van der Waals surface area contributed by atoms with Gasteiger partial charge in [-0.3, -0.25) is 4.99 Å². The lowest BCUT2D eigenvalue weighted by atomic mass is 10.1. The molecule has 0 saturated heterocycles. The van der Waals surface area contributed by atoms with Crippen molar-refractivity contribution in [3.05, 3.63) is 70.8 Å². The summed E-state index contributed by atoms with van der Waals surface area (Å²) in [5.41, 5.74) is 4.57. The Kier molecular flexibility index (Phi) is 4.88. The maximum Gasteiger partial charge on any atom is 0.155 e. The number of rotatable bonds is 5. The normalized spacial score (nSPS) is 13.3. The zero-order chi connectivity index (χ0) is 19.7. The first-order chi connectivity index (χ1) is 13.6. The first-order valence-electron chi connectivity index (χ1n) is 8.74. The Morgan fingerprint density at radius 1 is 1.00 bits per heavy atom. The maximum absolute atomic E-state index is 6.11. The number of aryl methyl sites for hydroxylation is 1. The quantitative estimate of drug-likeness (QED) is 0.654. The Balaban J connectivity index is 1.65. The van der Waals surface area contributed by atoms with Crippen LogP contribution in [0.4, 0.5) is 0 Å². The third kappa shape index (κ3) is 3.39. The number of ether oxygens (including phenoxy) is 2. The van der Waals surface area contributed by atoms with Crippen LogP contribution < -0.4 is 9.47 Å². The molecule has 0 bridgehead atoms. The minimum Gasteiger partial charge on any atom is -0.495 e. The van der Waals surface area contributed by atoms with Gasteiger partial charge in [0.05, 0.1) is 49.2 Å². The van der Waals surface area contributed by atoms with E-state index in [1.54, 1.807) is 26.6 Å². The fraction of sp³-hybridized carbons (Fsp3) is 0.190. The fourth-order valence-electron chi connectivity index (χ4n) is 3.08. The van der Waals surface area contributed by atoms with Crippen molar-refractivity contribution >= 4 is 23.1 Å². The van der Waals surface area contributed by atoms with Crippen LogP contribution in [0.2, 0.25) is 5.02 Å². The summed E-state index contributed by atoms with van der Waals surface area (Å²) < 4.78 is 12.8. The molecule has 0 unspecified atom stereocenters. The molecule has 0 spiro atoms. The van der Waals surface area contributed by atoms with Gasteiger partial charge in [-0.2, -0.15) is 0 Å². The average Bonchev–Trinajstić information content (AvgIpc) is 3.37. The number of amidine groups is 1.